The maximum atomic E-state index is 12.2. The summed E-state index contributed by atoms with van der Waals surface area (Å²) >= 11 is 0. The average Bonchev–Trinajstić information content (AvgIpc) is 2.39. The molecule has 0 aromatic heterocycles. The molecule has 26 heavy (non-hydrogen) atoms. The Morgan fingerprint density at radius 2 is 1.31 bits per heavy atom. The van der Waals surface area contributed by atoms with Crippen molar-refractivity contribution in [3.8, 4) is 22.6 Å². The van der Waals surface area contributed by atoms with Gasteiger partial charge in [0.05, 0.1) is 0 Å². The molecule has 0 amide bonds. The smallest absolute Gasteiger partial charge is 0.454 e. The van der Waals surface area contributed by atoms with Gasteiger partial charge >= 0.3 is 38.6 Å². The van der Waals surface area contributed by atoms with Gasteiger partial charge in [0.15, 0.2) is 0 Å². The number of aryl methyl sites for hydroxylation is 1. The van der Waals surface area contributed by atoms with Crippen molar-refractivity contribution < 1.29 is 61.7 Å². The minimum Gasteiger partial charge on any atom is -0.454 e. The van der Waals surface area contributed by atoms with E-state index in [2.05, 4.69) is 15.5 Å². The van der Waals surface area contributed by atoms with Gasteiger partial charge in [-0.15, -0.1) is 56.2 Å². The Hall–Kier alpha value is -1.51. The summed E-state index contributed by atoms with van der Waals surface area (Å²) in [4.78, 5) is 0. The van der Waals surface area contributed by atoms with Crippen molar-refractivity contribution in [3.63, 3.8) is 0 Å². The van der Waals surface area contributed by atoms with Crippen LogP contribution < -0.4 is 9.47 Å². The van der Waals surface area contributed by atoms with Crippen LogP contribution in [0.1, 0.15) is 5.56 Å². The summed E-state index contributed by atoms with van der Waals surface area (Å²) in [5, 5.41) is 0. The van der Waals surface area contributed by atoms with Crippen LogP contribution in [0.3, 0.4) is 0 Å². The molecule has 0 atom stereocenters. The number of hydrogen-bond acceptors (Lipinski definition) is 2. The van der Waals surface area contributed by atoms with Crippen LogP contribution >= 0.6 is 0 Å². The largest absolute Gasteiger partial charge is 3.00 e. The zero-order valence-corrected chi connectivity index (χ0v) is 15.9. The van der Waals surface area contributed by atoms with E-state index < -0.39 is 24.2 Å². The molecular weight excluding hydrogens is 395 g/mol. The van der Waals surface area contributed by atoms with Crippen molar-refractivity contribution in [1.82, 2.24) is 0 Å². The fraction of sp³-hybridized carbons (Fsp3) is 0.176. The van der Waals surface area contributed by atoms with E-state index in [1.807, 2.05) is 0 Å². The number of rotatable bonds is 3. The molecule has 2 rings (SSSR count). The van der Waals surface area contributed by atoms with E-state index in [9.17, 15) is 26.3 Å². The molecule has 0 aliphatic carbocycles. The molecule has 2 aromatic carbocycles. The average molecular weight is 410 g/mol. The summed E-state index contributed by atoms with van der Waals surface area (Å²) in [5.74, 6) is -0.899. The standard InChI is InChI=1S/C15H9F6O2.2CH3.Sc/c1-9-2-5-12(23-15(19,20)21)8-13(9)10-3-6-11(7-4-10)22-14(16,17)18;;;/h2-3,5-8H,1H3;2*1H3;/q3*-1;+3. The second-order valence-electron chi connectivity index (χ2n) is 4.51. The minimum absolute atomic E-state index is 0. The molecule has 0 fully saturated rings. The summed E-state index contributed by atoms with van der Waals surface area (Å²) in [6.45, 7) is 1.64. The van der Waals surface area contributed by atoms with Gasteiger partial charge < -0.3 is 24.3 Å². The van der Waals surface area contributed by atoms with Gasteiger partial charge in [0, 0.05) is 5.75 Å². The topological polar surface area (TPSA) is 18.5 Å². The fourth-order valence-corrected chi connectivity index (χ4v) is 1.86. The molecule has 9 heteroatoms. The van der Waals surface area contributed by atoms with E-state index in [4.69, 9.17) is 0 Å². The Morgan fingerprint density at radius 3 is 1.77 bits per heavy atom. The van der Waals surface area contributed by atoms with Crippen LogP contribution in [0, 0.1) is 27.8 Å². The first kappa shape index (κ1) is 26.7. The zero-order chi connectivity index (χ0) is 17.3. The SMILES string of the molecule is Cc1ccc(OC(F)(F)F)cc1-c1[c-]cc(OC(F)(F)F)cc1.[CH3-].[CH3-].[Sc+3]. The van der Waals surface area contributed by atoms with Gasteiger partial charge in [0.25, 0.3) is 0 Å². The Balaban J connectivity index is 0. The summed E-state index contributed by atoms with van der Waals surface area (Å²) in [5.41, 5.74) is 1.27. The first-order valence-corrected chi connectivity index (χ1v) is 6.18. The molecule has 0 aliphatic rings. The first-order valence-electron chi connectivity index (χ1n) is 6.18. The van der Waals surface area contributed by atoms with Crippen molar-refractivity contribution in [2.24, 2.45) is 0 Å². The van der Waals surface area contributed by atoms with Crippen LogP contribution in [0.25, 0.3) is 11.1 Å². The molecule has 0 aliphatic heterocycles. The molecule has 0 radical (unpaired) electrons. The van der Waals surface area contributed by atoms with Crippen LogP contribution in [0.2, 0.25) is 0 Å². The molecule has 0 bridgehead atoms. The first-order chi connectivity index (χ1) is 10.5. The van der Waals surface area contributed by atoms with Crippen molar-refractivity contribution in [2.45, 2.75) is 19.6 Å². The third kappa shape index (κ3) is 8.25. The third-order valence-electron chi connectivity index (χ3n) is 2.75. The van der Waals surface area contributed by atoms with E-state index in [0.717, 1.165) is 24.3 Å². The number of benzene rings is 2. The second kappa shape index (κ2) is 9.99. The quantitative estimate of drug-likeness (QED) is 0.446. The van der Waals surface area contributed by atoms with Gasteiger partial charge in [-0.2, -0.15) is 0 Å². The van der Waals surface area contributed by atoms with Gasteiger partial charge in [0.2, 0.25) is 0 Å². The number of alkyl halides is 6. The molecule has 0 saturated heterocycles. The van der Waals surface area contributed by atoms with Gasteiger partial charge in [0.1, 0.15) is 5.75 Å². The van der Waals surface area contributed by atoms with Gasteiger partial charge in [-0.1, -0.05) is 23.3 Å². The monoisotopic (exact) mass is 410 g/mol. The fourth-order valence-electron chi connectivity index (χ4n) is 1.86. The van der Waals surface area contributed by atoms with Crippen LogP contribution in [-0.2, 0) is 25.8 Å². The van der Waals surface area contributed by atoms with E-state index in [1.54, 1.807) is 6.92 Å². The van der Waals surface area contributed by atoms with Gasteiger partial charge in [-0.3, -0.25) is 0 Å². The minimum atomic E-state index is -4.83. The number of halogens is 6. The maximum Gasteiger partial charge on any atom is 3.00 e. The predicted molar refractivity (Wildman–Crippen MR) is 81.6 cm³/mol. The molecule has 0 N–H and O–H groups in total. The predicted octanol–water partition coefficient (Wildman–Crippen LogP) is 6.16. The van der Waals surface area contributed by atoms with Crippen molar-refractivity contribution in [1.29, 1.82) is 0 Å². The molecule has 0 saturated carbocycles. The summed E-state index contributed by atoms with van der Waals surface area (Å²) < 4.78 is 80.5. The Bertz CT molecular complexity index is 681. The van der Waals surface area contributed by atoms with E-state index in [-0.39, 0.29) is 40.7 Å². The van der Waals surface area contributed by atoms with Crippen LogP contribution in [0.4, 0.5) is 26.3 Å². The van der Waals surface area contributed by atoms with Crippen molar-refractivity contribution in [3.05, 3.63) is 62.9 Å². The van der Waals surface area contributed by atoms with Crippen molar-refractivity contribution in [2.75, 3.05) is 0 Å². The molecule has 2 nitrogen and oxygen atoms in total. The molecule has 140 valence electrons. The second-order valence-corrected chi connectivity index (χ2v) is 4.51. The van der Waals surface area contributed by atoms with Crippen LogP contribution in [-0.4, -0.2) is 12.7 Å². The summed E-state index contributed by atoms with van der Waals surface area (Å²) in [6.07, 6.45) is -9.66. The Morgan fingerprint density at radius 1 is 0.808 bits per heavy atom. The van der Waals surface area contributed by atoms with E-state index in [1.165, 1.54) is 12.1 Å². The molecule has 2 aromatic rings. The van der Waals surface area contributed by atoms with Crippen LogP contribution in [0.5, 0.6) is 11.5 Å². The van der Waals surface area contributed by atoms with E-state index >= 15 is 0 Å². The summed E-state index contributed by atoms with van der Waals surface area (Å²) in [6, 6.07) is 9.51. The normalized spacial score (nSPS) is 10.7. The summed E-state index contributed by atoms with van der Waals surface area (Å²) in [7, 11) is 0. The Kier molecular flexibility index (Phi) is 10.3. The van der Waals surface area contributed by atoms with Crippen LogP contribution in [0.15, 0.2) is 36.4 Å². The molecule has 0 heterocycles. The van der Waals surface area contributed by atoms with Gasteiger partial charge in [-0.25, -0.2) is 0 Å². The van der Waals surface area contributed by atoms with Gasteiger partial charge in [-0.05, 0) is 13.0 Å². The molecule has 0 spiro atoms. The molecular formula is C17H15F6O2Sc. The number of ether oxygens (including phenoxy) is 2. The third-order valence-corrected chi connectivity index (χ3v) is 2.75. The Labute approximate surface area is 166 Å². The molecule has 0 unspecified atom stereocenters. The maximum absolute atomic E-state index is 12.2. The zero-order valence-electron chi connectivity index (χ0n) is 14.1. The number of hydrogen-bond donors (Lipinski definition) is 0. The van der Waals surface area contributed by atoms with Crippen molar-refractivity contribution >= 4 is 0 Å². The van der Waals surface area contributed by atoms with E-state index in [0.29, 0.717) is 16.7 Å².